The summed E-state index contributed by atoms with van der Waals surface area (Å²) in [4.78, 5) is 9.26. The molecule has 4 nitrogen and oxygen atoms in total. The number of nitrogens with one attached hydrogen (secondary N) is 1. The minimum absolute atomic E-state index is 0.682. The summed E-state index contributed by atoms with van der Waals surface area (Å²) in [6, 6.07) is 0. The van der Waals surface area contributed by atoms with Gasteiger partial charge in [-0.3, -0.25) is 0 Å². The van der Waals surface area contributed by atoms with E-state index < -0.39 is 0 Å². The lowest BCUT2D eigenvalue weighted by molar-refractivity contribution is 0.0859. The van der Waals surface area contributed by atoms with Crippen LogP contribution in [0.25, 0.3) is 0 Å². The Kier molecular flexibility index (Phi) is 2.87. The van der Waals surface area contributed by atoms with Gasteiger partial charge in [0.15, 0.2) is 0 Å². The maximum Gasteiger partial charge on any atom is 0.119 e. The molecule has 0 fully saturated rings. The highest BCUT2D eigenvalue weighted by molar-refractivity contribution is 7.98. The monoisotopic (exact) mass is 199 g/mol. The number of aromatic nitrogens is 2. The minimum atomic E-state index is 0.682. The van der Waals surface area contributed by atoms with Crippen molar-refractivity contribution in [3.8, 4) is 0 Å². The fraction of sp³-hybridized carbons (Fsp3) is 0.625. The molecular weight excluding hydrogens is 186 g/mol. The fourth-order valence-corrected chi connectivity index (χ4v) is 2.26. The van der Waals surface area contributed by atoms with Gasteiger partial charge in [0.05, 0.1) is 25.1 Å². The first-order valence-electron chi connectivity index (χ1n) is 4.28. The molecule has 2 heterocycles. The Hall–Kier alpha value is -0.520. The Bertz CT molecular complexity index is 263. The molecule has 1 aliphatic rings. The molecule has 13 heavy (non-hydrogen) atoms. The second-order valence-corrected chi connectivity index (χ2v) is 4.02. The summed E-state index contributed by atoms with van der Waals surface area (Å²) in [5, 5.41) is 0. The lowest BCUT2D eigenvalue weighted by Crippen LogP contribution is -2.10. The highest BCUT2D eigenvalue weighted by atomic mass is 32.2. The van der Waals surface area contributed by atoms with Crippen LogP contribution >= 0.6 is 11.8 Å². The summed E-state index contributed by atoms with van der Waals surface area (Å²) in [6.45, 7) is 1.77. The molecule has 1 aromatic heterocycles. The number of fused-ring (bicyclic) bond motifs is 1. The predicted octanol–water partition coefficient (Wildman–Crippen LogP) is 0.781. The van der Waals surface area contributed by atoms with Crippen molar-refractivity contribution >= 4 is 11.8 Å². The number of imidazole rings is 1. The van der Waals surface area contributed by atoms with Crippen molar-refractivity contribution in [2.45, 2.75) is 18.8 Å². The lowest BCUT2D eigenvalue weighted by atomic mass is 10.5. The van der Waals surface area contributed by atoms with Crippen molar-refractivity contribution in [2.75, 3.05) is 12.9 Å². The molecule has 0 radical (unpaired) electrons. The average Bonchev–Trinajstić information content (AvgIpc) is 2.57. The summed E-state index contributed by atoms with van der Waals surface area (Å²) in [6.07, 6.45) is 2.10. The number of thioether (sulfide) groups is 1. The molecule has 72 valence electrons. The standard InChI is InChI=1S/C8H13N3OS/c1-12-9-4-7-5-11-2-3-13-6-8(11)10-7/h5,9H,2-4,6H2,1H3. The molecular formula is C8H13N3OS. The Morgan fingerprint density at radius 2 is 2.69 bits per heavy atom. The molecule has 0 atom stereocenters. The summed E-state index contributed by atoms with van der Waals surface area (Å²) < 4.78 is 2.23. The first-order valence-corrected chi connectivity index (χ1v) is 5.44. The SMILES string of the molecule is CONCc1cn2c(n1)CSCC2. The number of hydrogen-bond donors (Lipinski definition) is 1. The Morgan fingerprint density at radius 3 is 3.46 bits per heavy atom. The molecule has 0 saturated carbocycles. The van der Waals surface area contributed by atoms with Gasteiger partial charge in [-0.05, 0) is 0 Å². The zero-order valence-corrected chi connectivity index (χ0v) is 8.43. The molecule has 2 rings (SSSR count). The lowest BCUT2D eigenvalue weighted by Gasteiger charge is -2.11. The smallest absolute Gasteiger partial charge is 0.119 e. The number of nitrogens with zero attached hydrogens (tertiary/aromatic N) is 2. The van der Waals surface area contributed by atoms with Gasteiger partial charge in [0, 0.05) is 18.5 Å². The highest BCUT2D eigenvalue weighted by Gasteiger charge is 2.11. The third kappa shape index (κ3) is 2.04. The third-order valence-corrected chi connectivity index (χ3v) is 2.95. The van der Waals surface area contributed by atoms with Gasteiger partial charge in [0.25, 0.3) is 0 Å². The van der Waals surface area contributed by atoms with Crippen LogP contribution in [0.5, 0.6) is 0 Å². The van der Waals surface area contributed by atoms with Gasteiger partial charge in [-0.2, -0.15) is 17.2 Å². The zero-order valence-electron chi connectivity index (χ0n) is 7.62. The van der Waals surface area contributed by atoms with E-state index in [4.69, 9.17) is 4.84 Å². The average molecular weight is 199 g/mol. The highest BCUT2D eigenvalue weighted by Crippen LogP contribution is 2.18. The summed E-state index contributed by atoms with van der Waals surface area (Å²) in [7, 11) is 1.62. The van der Waals surface area contributed by atoms with Crippen LogP contribution in [0.1, 0.15) is 11.5 Å². The molecule has 5 heteroatoms. The first-order chi connectivity index (χ1) is 6.40. The second kappa shape index (κ2) is 4.13. The van der Waals surface area contributed by atoms with Crippen molar-refractivity contribution in [1.82, 2.24) is 15.0 Å². The van der Waals surface area contributed by atoms with Crippen LogP contribution in [0.2, 0.25) is 0 Å². The molecule has 0 bridgehead atoms. The topological polar surface area (TPSA) is 39.1 Å². The maximum atomic E-state index is 4.77. The molecule has 1 N–H and O–H groups in total. The van der Waals surface area contributed by atoms with Gasteiger partial charge in [0.1, 0.15) is 5.82 Å². The summed E-state index contributed by atoms with van der Waals surface area (Å²) >= 11 is 1.94. The van der Waals surface area contributed by atoms with Crippen molar-refractivity contribution in [1.29, 1.82) is 0 Å². The van der Waals surface area contributed by atoms with Gasteiger partial charge >= 0.3 is 0 Å². The quantitative estimate of drug-likeness (QED) is 0.730. The van der Waals surface area contributed by atoms with Gasteiger partial charge in [-0.25, -0.2) is 4.98 Å². The van der Waals surface area contributed by atoms with Gasteiger partial charge in [-0.15, -0.1) is 0 Å². The largest absolute Gasteiger partial charge is 0.333 e. The van der Waals surface area contributed by atoms with Crippen molar-refractivity contribution < 1.29 is 4.84 Å². The van der Waals surface area contributed by atoms with Crippen molar-refractivity contribution in [3.63, 3.8) is 0 Å². The van der Waals surface area contributed by atoms with Crippen molar-refractivity contribution in [2.24, 2.45) is 0 Å². The van der Waals surface area contributed by atoms with E-state index in [1.165, 1.54) is 11.6 Å². The van der Waals surface area contributed by atoms with E-state index in [9.17, 15) is 0 Å². The van der Waals surface area contributed by atoms with E-state index in [0.717, 1.165) is 18.0 Å². The molecule has 0 aromatic carbocycles. The Labute approximate surface area is 81.6 Å². The molecule has 1 aromatic rings. The summed E-state index contributed by atoms with van der Waals surface area (Å²) in [5.41, 5.74) is 3.85. The van der Waals surface area contributed by atoms with Crippen LogP contribution in [-0.2, 0) is 23.7 Å². The van der Waals surface area contributed by atoms with Crippen LogP contribution in [0, 0.1) is 0 Å². The molecule has 1 aliphatic heterocycles. The summed E-state index contributed by atoms with van der Waals surface area (Å²) in [5.74, 6) is 3.41. The van der Waals surface area contributed by atoms with Crippen molar-refractivity contribution in [3.05, 3.63) is 17.7 Å². The minimum Gasteiger partial charge on any atom is -0.333 e. The van der Waals surface area contributed by atoms with Gasteiger partial charge in [0.2, 0.25) is 0 Å². The first kappa shape index (κ1) is 9.05. The fourth-order valence-electron chi connectivity index (χ4n) is 1.38. The van der Waals surface area contributed by atoms with E-state index in [1.807, 2.05) is 11.8 Å². The Balaban J connectivity index is 2.07. The number of hydrogen-bond acceptors (Lipinski definition) is 4. The molecule has 0 saturated heterocycles. The van der Waals surface area contributed by atoms with Crippen LogP contribution < -0.4 is 5.48 Å². The number of rotatable bonds is 3. The molecule has 0 amide bonds. The van der Waals surface area contributed by atoms with E-state index in [-0.39, 0.29) is 0 Å². The van der Waals surface area contributed by atoms with E-state index in [0.29, 0.717) is 6.54 Å². The predicted molar refractivity (Wildman–Crippen MR) is 52.2 cm³/mol. The van der Waals surface area contributed by atoms with Crippen LogP contribution in [-0.4, -0.2) is 22.4 Å². The molecule has 0 unspecified atom stereocenters. The van der Waals surface area contributed by atoms with E-state index >= 15 is 0 Å². The Morgan fingerprint density at radius 1 is 1.77 bits per heavy atom. The van der Waals surface area contributed by atoms with Crippen LogP contribution in [0.15, 0.2) is 6.20 Å². The molecule has 0 spiro atoms. The number of aryl methyl sites for hydroxylation is 1. The number of hydroxylamine groups is 1. The molecule has 0 aliphatic carbocycles. The van der Waals surface area contributed by atoms with Gasteiger partial charge in [-0.1, -0.05) is 0 Å². The van der Waals surface area contributed by atoms with Crippen LogP contribution in [0.4, 0.5) is 0 Å². The third-order valence-electron chi connectivity index (χ3n) is 2.01. The normalized spacial score (nSPS) is 15.8. The van der Waals surface area contributed by atoms with Crippen LogP contribution in [0.3, 0.4) is 0 Å². The van der Waals surface area contributed by atoms with E-state index in [2.05, 4.69) is 21.2 Å². The zero-order chi connectivity index (χ0) is 9.10. The van der Waals surface area contributed by atoms with Gasteiger partial charge < -0.3 is 9.40 Å². The second-order valence-electron chi connectivity index (χ2n) is 2.92. The van der Waals surface area contributed by atoms with E-state index in [1.54, 1.807) is 7.11 Å². The maximum absolute atomic E-state index is 4.77.